The summed E-state index contributed by atoms with van der Waals surface area (Å²) >= 11 is 0. The molecule has 0 bridgehead atoms. The zero-order valence-electron chi connectivity index (χ0n) is 10.4. The Balaban J connectivity index is 2.50. The Morgan fingerprint density at radius 1 is 1.50 bits per heavy atom. The normalized spacial score (nSPS) is 23.6. The maximum atomic E-state index is 12.0. The van der Waals surface area contributed by atoms with Crippen LogP contribution in [0.2, 0.25) is 0 Å². The van der Waals surface area contributed by atoms with Gasteiger partial charge in [0, 0.05) is 19.0 Å². The van der Waals surface area contributed by atoms with E-state index in [9.17, 15) is 9.90 Å². The molecule has 2 atom stereocenters. The van der Waals surface area contributed by atoms with Crippen LogP contribution in [0.5, 0.6) is 0 Å². The minimum atomic E-state index is -0.0752. The van der Waals surface area contributed by atoms with Crippen LogP contribution in [0.1, 0.15) is 39.5 Å². The molecule has 0 aliphatic carbocycles. The molecule has 0 saturated carbocycles. The Hall–Kier alpha value is -0.610. The van der Waals surface area contributed by atoms with E-state index >= 15 is 0 Å². The molecule has 1 heterocycles. The molecule has 1 amide bonds. The fraction of sp³-hybridized carbons (Fsp3) is 0.917. The van der Waals surface area contributed by atoms with Gasteiger partial charge < -0.3 is 15.7 Å². The lowest BCUT2D eigenvalue weighted by atomic mass is 9.98. The summed E-state index contributed by atoms with van der Waals surface area (Å²) in [5, 5.41) is 9.23. The van der Waals surface area contributed by atoms with Crippen molar-refractivity contribution in [3.63, 3.8) is 0 Å². The fourth-order valence-electron chi connectivity index (χ4n) is 2.07. The van der Waals surface area contributed by atoms with Crippen LogP contribution in [0.15, 0.2) is 0 Å². The van der Waals surface area contributed by atoms with Crippen molar-refractivity contribution in [1.82, 2.24) is 4.90 Å². The molecule has 3 N–H and O–H groups in total. The Morgan fingerprint density at radius 2 is 2.19 bits per heavy atom. The number of amides is 1. The molecule has 4 heteroatoms. The largest absolute Gasteiger partial charge is 0.394 e. The zero-order chi connectivity index (χ0) is 12.1. The number of nitrogens with zero attached hydrogens (tertiary/aromatic N) is 1. The highest BCUT2D eigenvalue weighted by Gasteiger charge is 2.27. The Morgan fingerprint density at radius 3 is 2.75 bits per heavy atom. The van der Waals surface area contributed by atoms with Crippen LogP contribution in [0.4, 0.5) is 0 Å². The molecule has 2 unspecified atom stereocenters. The number of likely N-dealkylation sites (tertiary alicyclic amines) is 1. The van der Waals surface area contributed by atoms with E-state index in [4.69, 9.17) is 5.73 Å². The Kier molecular flexibility index (Phi) is 5.22. The zero-order valence-corrected chi connectivity index (χ0v) is 10.4. The lowest BCUT2D eigenvalue weighted by Crippen LogP contribution is -2.47. The molecule has 0 radical (unpaired) electrons. The van der Waals surface area contributed by atoms with E-state index in [2.05, 4.69) is 0 Å². The molecule has 1 aliphatic rings. The summed E-state index contributed by atoms with van der Waals surface area (Å²) in [6, 6.07) is -0.0608. The molecule has 1 aliphatic heterocycles. The van der Waals surface area contributed by atoms with Crippen molar-refractivity contribution in [2.45, 2.75) is 51.6 Å². The van der Waals surface area contributed by atoms with E-state index in [1.807, 2.05) is 18.7 Å². The minimum absolute atomic E-state index is 0.0145. The summed E-state index contributed by atoms with van der Waals surface area (Å²) in [5.74, 6) is 0.418. The third-order valence-corrected chi connectivity index (χ3v) is 3.42. The molecule has 0 aromatic carbocycles. The predicted octanol–water partition coefficient (Wildman–Crippen LogP) is 0.733. The van der Waals surface area contributed by atoms with Gasteiger partial charge in [-0.1, -0.05) is 13.8 Å². The van der Waals surface area contributed by atoms with Crippen molar-refractivity contribution in [3.05, 3.63) is 0 Å². The van der Waals surface area contributed by atoms with Crippen LogP contribution in [0.3, 0.4) is 0 Å². The smallest absolute Gasteiger partial charge is 0.224 e. The molecule has 94 valence electrons. The van der Waals surface area contributed by atoms with Crippen molar-refractivity contribution >= 4 is 5.91 Å². The second-order valence-electron chi connectivity index (χ2n) is 5.03. The summed E-state index contributed by atoms with van der Waals surface area (Å²) in [7, 11) is 0. The molecule has 16 heavy (non-hydrogen) atoms. The third kappa shape index (κ3) is 3.46. The van der Waals surface area contributed by atoms with Gasteiger partial charge in [0.15, 0.2) is 0 Å². The van der Waals surface area contributed by atoms with E-state index in [1.54, 1.807) is 0 Å². The van der Waals surface area contributed by atoms with Crippen molar-refractivity contribution in [3.8, 4) is 0 Å². The number of carbonyl (C=O) groups is 1. The fourth-order valence-corrected chi connectivity index (χ4v) is 2.07. The van der Waals surface area contributed by atoms with E-state index in [-0.39, 0.29) is 24.6 Å². The molecular formula is C12H24N2O2. The summed E-state index contributed by atoms with van der Waals surface area (Å²) in [6.45, 7) is 4.90. The van der Waals surface area contributed by atoms with Crippen LogP contribution in [0, 0.1) is 5.92 Å². The molecular weight excluding hydrogens is 204 g/mol. The number of rotatable bonds is 4. The van der Waals surface area contributed by atoms with Crippen molar-refractivity contribution in [2.75, 3.05) is 13.2 Å². The molecule has 1 fully saturated rings. The number of piperidine rings is 1. The van der Waals surface area contributed by atoms with Gasteiger partial charge in [-0.05, 0) is 25.2 Å². The maximum Gasteiger partial charge on any atom is 0.224 e. The number of aliphatic hydroxyl groups is 1. The molecule has 1 rings (SSSR count). The summed E-state index contributed by atoms with van der Waals surface area (Å²) in [6.07, 6.45) is 3.46. The highest BCUT2D eigenvalue weighted by atomic mass is 16.3. The number of hydrogen-bond acceptors (Lipinski definition) is 3. The molecule has 4 nitrogen and oxygen atoms in total. The van der Waals surface area contributed by atoms with Gasteiger partial charge in [-0.2, -0.15) is 0 Å². The van der Waals surface area contributed by atoms with Gasteiger partial charge in [0.05, 0.1) is 12.6 Å². The standard InChI is InChI=1S/C12H24N2O2/c1-9(2)11(13)7-12(16)14-6-4-3-5-10(14)8-15/h9-11,15H,3-8,13H2,1-2H3. The lowest BCUT2D eigenvalue weighted by Gasteiger charge is -2.35. The van der Waals surface area contributed by atoms with Crippen LogP contribution in [0.25, 0.3) is 0 Å². The van der Waals surface area contributed by atoms with Crippen LogP contribution < -0.4 is 5.73 Å². The Bertz CT molecular complexity index is 231. The molecule has 1 saturated heterocycles. The van der Waals surface area contributed by atoms with Crippen LogP contribution >= 0.6 is 0 Å². The predicted molar refractivity (Wildman–Crippen MR) is 63.9 cm³/mol. The number of nitrogens with two attached hydrogens (primary N) is 1. The maximum absolute atomic E-state index is 12.0. The first-order valence-electron chi connectivity index (χ1n) is 6.22. The minimum Gasteiger partial charge on any atom is -0.394 e. The van der Waals surface area contributed by atoms with Crippen molar-refractivity contribution in [1.29, 1.82) is 0 Å². The topological polar surface area (TPSA) is 66.6 Å². The average molecular weight is 228 g/mol. The first kappa shape index (κ1) is 13.5. The first-order valence-corrected chi connectivity index (χ1v) is 6.22. The van der Waals surface area contributed by atoms with E-state index < -0.39 is 0 Å². The van der Waals surface area contributed by atoms with Crippen LogP contribution in [-0.2, 0) is 4.79 Å². The Labute approximate surface area is 97.8 Å². The molecule has 0 aromatic heterocycles. The molecule has 0 spiro atoms. The number of carbonyl (C=O) groups excluding carboxylic acids is 1. The highest BCUT2D eigenvalue weighted by Crippen LogP contribution is 2.18. The van der Waals surface area contributed by atoms with Gasteiger partial charge in [0.1, 0.15) is 0 Å². The van der Waals surface area contributed by atoms with E-state index in [0.717, 1.165) is 25.8 Å². The van der Waals surface area contributed by atoms with Crippen molar-refractivity contribution in [2.24, 2.45) is 11.7 Å². The SMILES string of the molecule is CC(C)C(N)CC(=O)N1CCCCC1CO. The third-order valence-electron chi connectivity index (χ3n) is 3.42. The van der Waals surface area contributed by atoms with Gasteiger partial charge in [-0.15, -0.1) is 0 Å². The van der Waals surface area contributed by atoms with Gasteiger partial charge in [-0.3, -0.25) is 4.79 Å². The van der Waals surface area contributed by atoms with Gasteiger partial charge in [-0.25, -0.2) is 0 Å². The number of hydrogen-bond donors (Lipinski definition) is 2. The van der Waals surface area contributed by atoms with E-state index in [0.29, 0.717) is 12.3 Å². The van der Waals surface area contributed by atoms with Crippen molar-refractivity contribution < 1.29 is 9.90 Å². The highest BCUT2D eigenvalue weighted by molar-refractivity contribution is 5.77. The summed E-state index contributed by atoms with van der Waals surface area (Å²) in [4.78, 5) is 13.8. The first-order chi connectivity index (χ1) is 7.56. The summed E-state index contributed by atoms with van der Waals surface area (Å²) < 4.78 is 0. The summed E-state index contributed by atoms with van der Waals surface area (Å²) in [5.41, 5.74) is 5.90. The molecule has 0 aromatic rings. The average Bonchev–Trinajstić information content (AvgIpc) is 2.28. The second kappa shape index (κ2) is 6.21. The number of aliphatic hydroxyl groups excluding tert-OH is 1. The lowest BCUT2D eigenvalue weighted by molar-refractivity contribution is -0.136. The van der Waals surface area contributed by atoms with E-state index in [1.165, 1.54) is 0 Å². The monoisotopic (exact) mass is 228 g/mol. The van der Waals surface area contributed by atoms with Gasteiger partial charge in [0.25, 0.3) is 0 Å². The second-order valence-corrected chi connectivity index (χ2v) is 5.03. The van der Waals surface area contributed by atoms with Gasteiger partial charge >= 0.3 is 0 Å². The van der Waals surface area contributed by atoms with Crippen LogP contribution in [-0.4, -0.2) is 41.1 Å². The quantitative estimate of drug-likeness (QED) is 0.745. The van der Waals surface area contributed by atoms with Gasteiger partial charge in [0.2, 0.25) is 5.91 Å².